The smallest absolute Gasteiger partial charge is 0.276 e. The Morgan fingerprint density at radius 3 is 2.55 bits per heavy atom. The number of aromatic nitrogens is 4. The molecule has 0 saturated carbocycles. The van der Waals surface area contributed by atoms with Crippen molar-refractivity contribution in [1.29, 1.82) is 0 Å². The van der Waals surface area contributed by atoms with Gasteiger partial charge in [0.1, 0.15) is 6.54 Å². The molecule has 0 atom stereocenters. The third-order valence-electron chi connectivity index (χ3n) is 3.43. The Morgan fingerprint density at radius 2 is 2.00 bits per heavy atom. The van der Waals surface area contributed by atoms with Crippen molar-refractivity contribution in [3.63, 3.8) is 0 Å². The fraction of sp³-hybridized carbons (Fsp3) is 0.429. The first kappa shape index (κ1) is 15.7. The van der Waals surface area contributed by atoms with Crippen LogP contribution >= 0.6 is 0 Å². The summed E-state index contributed by atoms with van der Waals surface area (Å²) in [7, 11) is 5.02. The van der Waals surface area contributed by atoms with Gasteiger partial charge < -0.3 is 10.2 Å². The van der Waals surface area contributed by atoms with Crippen LogP contribution in [0.25, 0.3) is 0 Å². The van der Waals surface area contributed by atoms with Crippen molar-refractivity contribution < 1.29 is 9.59 Å². The Balaban J connectivity index is 2.23. The quantitative estimate of drug-likeness (QED) is 0.895. The lowest BCUT2D eigenvalue weighted by Gasteiger charge is -2.11. The molecule has 2 aromatic heterocycles. The number of carbonyl (C=O) groups excluding carboxylic acids is 2. The van der Waals surface area contributed by atoms with E-state index in [1.165, 1.54) is 4.90 Å². The van der Waals surface area contributed by atoms with E-state index in [-0.39, 0.29) is 24.1 Å². The van der Waals surface area contributed by atoms with Crippen molar-refractivity contribution in [2.24, 2.45) is 7.05 Å². The van der Waals surface area contributed by atoms with Gasteiger partial charge in [0.25, 0.3) is 5.91 Å². The topological polar surface area (TPSA) is 85.1 Å². The number of nitrogens with zero attached hydrogens (tertiary/aromatic N) is 5. The summed E-state index contributed by atoms with van der Waals surface area (Å²) in [4.78, 5) is 25.8. The fourth-order valence-corrected chi connectivity index (χ4v) is 2.00. The largest absolute Gasteiger partial charge is 0.343 e. The molecule has 2 heterocycles. The number of anilines is 1. The van der Waals surface area contributed by atoms with Crippen molar-refractivity contribution in [3.8, 4) is 0 Å². The van der Waals surface area contributed by atoms with Crippen LogP contribution in [0.15, 0.2) is 12.3 Å². The molecule has 1 N–H and O–H groups in total. The second-order valence-electron chi connectivity index (χ2n) is 5.31. The Bertz CT molecular complexity index is 713. The van der Waals surface area contributed by atoms with Crippen molar-refractivity contribution in [1.82, 2.24) is 24.5 Å². The molecule has 8 heteroatoms. The van der Waals surface area contributed by atoms with Gasteiger partial charge in [-0.2, -0.15) is 10.2 Å². The zero-order valence-electron chi connectivity index (χ0n) is 13.4. The van der Waals surface area contributed by atoms with Crippen molar-refractivity contribution in [2.45, 2.75) is 20.4 Å². The van der Waals surface area contributed by atoms with Crippen molar-refractivity contribution in [2.75, 3.05) is 19.4 Å². The Labute approximate surface area is 128 Å². The molecule has 0 radical (unpaired) electrons. The molecule has 0 aliphatic carbocycles. The number of aryl methyl sites for hydroxylation is 2. The molecule has 8 nitrogen and oxygen atoms in total. The van der Waals surface area contributed by atoms with E-state index in [9.17, 15) is 9.59 Å². The molecular formula is C14H20N6O2. The lowest BCUT2D eigenvalue weighted by Crippen LogP contribution is -2.25. The zero-order chi connectivity index (χ0) is 16.4. The lowest BCUT2D eigenvalue weighted by molar-refractivity contribution is -0.116. The first-order valence-corrected chi connectivity index (χ1v) is 6.84. The maximum absolute atomic E-state index is 12.2. The molecule has 0 aliphatic heterocycles. The highest BCUT2D eigenvalue weighted by atomic mass is 16.2. The molecule has 0 aliphatic rings. The molecular weight excluding hydrogens is 284 g/mol. The summed E-state index contributed by atoms with van der Waals surface area (Å²) >= 11 is 0. The molecule has 118 valence electrons. The highest BCUT2D eigenvalue weighted by molar-refractivity contribution is 6.02. The average molecular weight is 304 g/mol. The Kier molecular flexibility index (Phi) is 4.30. The second-order valence-corrected chi connectivity index (χ2v) is 5.31. The minimum atomic E-state index is -0.255. The number of rotatable bonds is 4. The molecule has 0 fully saturated rings. The molecule has 0 saturated heterocycles. The van der Waals surface area contributed by atoms with E-state index in [0.717, 1.165) is 11.4 Å². The van der Waals surface area contributed by atoms with E-state index >= 15 is 0 Å². The number of hydrogen-bond donors (Lipinski definition) is 1. The molecule has 2 aromatic rings. The van der Waals surface area contributed by atoms with Crippen LogP contribution < -0.4 is 5.32 Å². The zero-order valence-corrected chi connectivity index (χ0v) is 13.4. The summed E-state index contributed by atoms with van der Waals surface area (Å²) in [6.07, 6.45) is 1.64. The van der Waals surface area contributed by atoms with E-state index in [1.54, 1.807) is 43.6 Å². The monoisotopic (exact) mass is 304 g/mol. The van der Waals surface area contributed by atoms with Crippen LogP contribution in [0.1, 0.15) is 21.9 Å². The number of carbonyl (C=O) groups is 2. The summed E-state index contributed by atoms with van der Waals surface area (Å²) in [5, 5.41) is 11.0. The third kappa shape index (κ3) is 3.00. The van der Waals surface area contributed by atoms with Gasteiger partial charge in [0.2, 0.25) is 5.91 Å². The van der Waals surface area contributed by atoms with Crippen molar-refractivity contribution in [3.05, 3.63) is 29.3 Å². The van der Waals surface area contributed by atoms with Gasteiger partial charge in [-0.1, -0.05) is 0 Å². The van der Waals surface area contributed by atoms with Crippen LogP contribution in [-0.4, -0.2) is 50.4 Å². The standard InChI is InChI=1S/C14H20N6O2/c1-9-6-7-15-20(9)8-11(21)16-12-10(2)19(5)17-13(12)14(22)18(3)4/h6-7H,8H2,1-5H3,(H,16,21). The van der Waals surface area contributed by atoms with Gasteiger partial charge in [0, 0.05) is 33.0 Å². The predicted molar refractivity (Wildman–Crippen MR) is 81.6 cm³/mol. The summed E-state index contributed by atoms with van der Waals surface area (Å²) < 4.78 is 3.17. The molecule has 22 heavy (non-hydrogen) atoms. The van der Waals surface area contributed by atoms with Crippen LogP contribution in [0.4, 0.5) is 5.69 Å². The van der Waals surface area contributed by atoms with E-state index in [2.05, 4.69) is 15.5 Å². The van der Waals surface area contributed by atoms with E-state index < -0.39 is 0 Å². The molecule has 2 amide bonds. The van der Waals surface area contributed by atoms with Crippen LogP contribution in [-0.2, 0) is 18.4 Å². The van der Waals surface area contributed by atoms with Gasteiger partial charge in [-0.15, -0.1) is 0 Å². The molecule has 0 bridgehead atoms. The molecule has 2 rings (SSSR count). The Morgan fingerprint density at radius 1 is 1.32 bits per heavy atom. The number of amides is 2. The first-order valence-electron chi connectivity index (χ1n) is 6.84. The lowest BCUT2D eigenvalue weighted by atomic mass is 10.2. The third-order valence-corrected chi connectivity index (χ3v) is 3.43. The molecule has 0 spiro atoms. The first-order chi connectivity index (χ1) is 10.3. The van der Waals surface area contributed by atoms with E-state index in [4.69, 9.17) is 0 Å². The summed E-state index contributed by atoms with van der Waals surface area (Å²) in [6.45, 7) is 3.76. The Hall–Kier alpha value is -2.64. The highest BCUT2D eigenvalue weighted by Crippen LogP contribution is 2.20. The minimum Gasteiger partial charge on any atom is -0.343 e. The summed E-state index contributed by atoms with van der Waals surface area (Å²) in [5.74, 6) is -0.509. The van der Waals surface area contributed by atoms with Gasteiger partial charge in [-0.25, -0.2) is 0 Å². The van der Waals surface area contributed by atoms with Gasteiger partial charge in [0.05, 0.1) is 11.4 Å². The summed E-state index contributed by atoms with van der Waals surface area (Å²) in [5.41, 5.74) is 2.28. The number of nitrogens with one attached hydrogen (secondary N) is 1. The van der Waals surface area contributed by atoms with E-state index in [1.807, 2.05) is 13.0 Å². The predicted octanol–water partition coefficient (Wildman–Crippen LogP) is 0.574. The maximum Gasteiger partial charge on any atom is 0.276 e. The van der Waals surface area contributed by atoms with Crippen LogP contribution in [0.5, 0.6) is 0 Å². The minimum absolute atomic E-state index is 0.0861. The SMILES string of the molecule is Cc1c(NC(=O)Cn2nccc2C)c(C(=O)N(C)C)nn1C. The molecule has 0 aromatic carbocycles. The van der Waals surface area contributed by atoms with Gasteiger partial charge in [0.15, 0.2) is 5.69 Å². The molecule has 0 unspecified atom stereocenters. The number of hydrogen-bond acceptors (Lipinski definition) is 4. The maximum atomic E-state index is 12.2. The van der Waals surface area contributed by atoms with Crippen LogP contribution in [0, 0.1) is 13.8 Å². The van der Waals surface area contributed by atoms with Gasteiger partial charge in [-0.3, -0.25) is 19.0 Å². The van der Waals surface area contributed by atoms with Crippen LogP contribution in [0.3, 0.4) is 0 Å². The second kappa shape index (κ2) is 6.00. The van der Waals surface area contributed by atoms with Crippen molar-refractivity contribution >= 4 is 17.5 Å². The average Bonchev–Trinajstić information content (AvgIpc) is 2.96. The normalized spacial score (nSPS) is 10.6. The fourth-order valence-electron chi connectivity index (χ4n) is 2.00. The van der Waals surface area contributed by atoms with Gasteiger partial charge >= 0.3 is 0 Å². The van der Waals surface area contributed by atoms with Crippen LogP contribution in [0.2, 0.25) is 0 Å². The highest BCUT2D eigenvalue weighted by Gasteiger charge is 2.22. The summed E-state index contributed by atoms with van der Waals surface area (Å²) in [6, 6.07) is 1.82. The van der Waals surface area contributed by atoms with Gasteiger partial charge in [-0.05, 0) is 19.9 Å². The van der Waals surface area contributed by atoms with E-state index in [0.29, 0.717) is 5.69 Å².